The number of hydrogen-bond acceptors (Lipinski definition) is 3. The van der Waals surface area contributed by atoms with Crippen molar-refractivity contribution in [3.63, 3.8) is 0 Å². The molecule has 1 N–H and O–H groups in total. The minimum atomic E-state index is -0.307. The van der Waals surface area contributed by atoms with Crippen LogP contribution >= 0.6 is 0 Å². The van der Waals surface area contributed by atoms with E-state index in [-0.39, 0.29) is 24.2 Å². The molecule has 28 heavy (non-hydrogen) atoms. The highest BCUT2D eigenvalue weighted by molar-refractivity contribution is 5.89. The van der Waals surface area contributed by atoms with Gasteiger partial charge < -0.3 is 14.6 Å². The second-order valence-corrected chi connectivity index (χ2v) is 7.51. The van der Waals surface area contributed by atoms with E-state index >= 15 is 0 Å². The van der Waals surface area contributed by atoms with Gasteiger partial charge in [-0.05, 0) is 31.0 Å². The van der Waals surface area contributed by atoms with Crippen LogP contribution in [0.15, 0.2) is 48.8 Å². The standard InChI is InChI=1S/C22H24N4O2/c1-15-5-7-17(8-6-15)13-25-14-18(10-20(25)27)22(28)24-12-19-11-23-21-16(2)4-3-9-26(19)21/h3-9,11,18H,10,12-14H2,1-2H3,(H,24,28). The fraction of sp³-hybridized carbons (Fsp3) is 0.318. The third-order valence-electron chi connectivity index (χ3n) is 5.33. The molecule has 1 saturated heterocycles. The molecule has 6 nitrogen and oxygen atoms in total. The quantitative estimate of drug-likeness (QED) is 0.744. The number of fused-ring (bicyclic) bond motifs is 1. The van der Waals surface area contributed by atoms with Crippen molar-refractivity contribution in [1.82, 2.24) is 19.6 Å². The van der Waals surface area contributed by atoms with Gasteiger partial charge in [-0.3, -0.25) is 9.59 Å². The molecule has 144 valence electrons. The average molecular weight is 376 g/mol. The fourth-order valence-electron chi connectivity index (χ4n) is 3.67. The van der Waals surface area contributed by atoms with Gasteiger partial charge in [-0.25, -0.2) is 4.98 Å². The first kappa shape index (κ1) is 18.2. The Kier molecular flexibility index (Phi) is 4.86. The average Bonchev–Trinajstić information content (AvgIpc) is 3.26. The van der Waals surface area contributed by atoms with Crippen LogP contribution in [0.1, 0.15) is 28.8 Å². The Morgan fingerprint density at radius 3 is 2.79 bits per heavy atom. The van der Waals surface area contributed by atoms with Crippen molar-refractivity contribution >= 4 is 17.5 Å². The van der Waals surface area contributed by atoms with E-state index in [1.54, 1.807) is 11.1 Å². The zero-order valence-corrected chi connectivity index (χ0v) is 16.2. The van der Waals surface area contributed by atoms with Crippen LogP contribution in [-0.2, 0) is 22.7 Å². The van der Waals surface area contributed by atoms with Crippen LogP contribution in [0.4, 0.5) is 0 Å². The van der Waals surface area contributed by atoms with Crippen LogP contribution < -0.4 is 5.32 Å². The SMILES string of the molecule is Cc1ccc(CN2CC(C(=O)NCc3cnc4c(C)cccn34)CC2=O)cc1. The summed E-state index contributed by atoms with van der Waals surface area (Å²) < 4.78 is 1.99. The summed E-state index contributed by atoms with van der Waals surface area (Å²) in [5, 5.41) is 2.97. The summed E-state index contributed by atoms with van der Waals surface area (Å²) in [5.41, 5.74) is 5.19. The van der Waals surface area contributed by atoms with Crippen LogP contribution in [0.3, 0.4) is 0 Å². The van der Waals surface area contributed by atoms with Crippen molar-refractivity contribution in [2.45, 2.75) is 33.4 Å². The Morgan fingerprint density at radius 2 is 2.00 bits per heavy atom. The summed E-state index contributed by atoms with van der Waals surface area (Å²) in [6, 6.07) is 12.1. The Hall–Kier alpha value is -3.15. The van der Waals surface area contributed by atoms with Crippen molar-refractivity contribution in [3.8, 4) is 0 Å². The van der Waals surface area contributed by atoms with E-state index in [4.69, 9.17) is 0 Å². The third-order valence-corrected chi connectivity index (χ3v) is 5.33. The number of carbonyl (C=O) groups excluding carboxylic acids is 2. The van der Waals surface area contributed by atoms with Crippen molar-refractivity contribution in [1.29, 1.82) is 0 Å². The van der Waals surface area contributed by atoms with Gasteiger partial charge in [0.1, 0.15) is 5.65 Å². The number of amides is 2. The fourth-order valence-corrected chi connectivity index (χ4v) is 3.67. The third kappa shape index (κ3) is 3.63. The number of nitrogens with zero attached hydrogens (tertiary/aromatic N) is 3. The van der Waals surface area contributed by atoms with Gasteiger partial charge in [-0.15, -0.1) is 0 Å². The van der Waals surface area contributed by atoms with E-state index in [0.717, 1.165) is 22.5 Å². The number of nitrogens with one attached hydrogen (secondary N) is 1. The number of hydrogen-bond donors (Lipinski definition) is 1. The molecule has 3 heterocycles. The summed E-state index contributed by atoms with van der Waals surface area (Å²) in [5.74, 6) is -0.354. The Bertz CT molecular complexity index is 1020. The molecule has 1 fully saturated rings. The van der Waals surface area contributed by atoms with Gasteiger partial charge in [-0.1, -0.05) is 35.9 Å². The zero-order valence-electron chi connectivity index (χ0n) is 16.2. The lowest BCUT2D eigenvalue weighted by Crippen LogP contribution is -2.32. The smallest absolute Gasteiger partial charge is 0.225 e. The molecule has 0 bridgehead atoms. The molecule has 0 radical (unpaired) electrons. The maximum atomic E-state index is 12.6. The molecule has 1 atom stereocenters. The summed E-state index contributed by atoms with van der Waals surface area (Å²) in [7, 11) is 0. The van der Waals surface area contributed by atoms with E-state index in [0.29, 0.717) is 19.6 Å². The molecule has 1 unspecified atom stereocenters. The van der Waals surface area contributed by atoms with Crippen LogP contribution in [0.2, 0.25) is 0 Å². The van der Waals surface area contributed by atoms with Crippen molar-refractivity contribution in [2.75, 3.05) is 6.54 Å². The lowest BCUT2D eigenvalue weighted by atomic mass is 10.1. The number of aryl methyl sites for hydroxylation is 2. The molecule has 0 saturated carbocycles. The van der Waals surface area contributed by atoms with Gasteiger partial charge in [0.25, 0.3) is 0 Å². The maximum absolute atomic E-state index is 12.6. The number of likely N-dealkylation sites (tertiary alicyclic amines) is 1. The van der Waals surface area contributed by atoms with Gasteiger partial charge in [0.05, 0.1) is 24.4 Å². The molecule has 1 aromatic carbocycles. The Balaban J connectivity index is 1.36. The first-order chi connectivity index (χ1) is 13.5. The number of pyridine rings is 1. The predicted octanol–water partition coefficient (Wildman–Crippen LogP) is 2.62. The zero-order chi connectivity index (χ0) is 19.7. The molecular formula is C22H24N4O2. The van der Waals surface area contributed by atoms with Gasteiger partial charge in [0, 0.05) is 25.7 Å². The van der Waals surface area contributed by atoms with Crippen LogP contribution in [-0.4, -0.2) is 32.6 Å². The van der Waals surface area contributed by atoms with Crippen molar-refractivity contribution < 1.29 is 9.59 Å². The van der Waals surface area contributed by atoms with E-state index in [2.05, 4.69) is 10.3 Å². The maximum Gasteiger partial charge on any atom is 0.225 e. The van der Waals surface area contributed by atoms with Crippen LogP contribution in [0.5, 0.6) is 0 Å². The molecule has 0 aliphatic carbocycles. The molecule has 2 aromatic heterocycles. The van der Waals surface area contributed by atoms with Crippen LogP contribution in [0.25, 0.3) is 5.65 Å². The minimum Gasteiger partial charge on any atom is -0.350 e. The van der Waals surface area contributed by atoms with Gasteiger partial charge in [0.15, 0.2) is 0 Å². The Morgan fingerprint density at radius 1 is 1.21 bits per heavy atom. The second-order valence-electron chi connectivity index (χ2n) is 7.51. The monoisotopic (exact) mass is 376 g/mol. The lowest BCUT2D eigenvalue weighted by molar-refractivity contribution is -0.129. The summed E-state index contributed by atoms with van der Waals surface area (Å²) in [4.78, 5) is 31.1. The highest BCUT2D eigenvalue weighted by atomic mass is 16.2. The van der Waals surface area contributed by atoms with E-state index in [1.807, 2.05) is 60.8 Å². The molecule has 1 aliphatic rings. The van der Waals surface area contributed by atoms with Crippen LogP contribution in [0, 0.1) is 19.8 Å². The second kappa shape index (κ2) is 7.46. The molecule has 4 rings (SSSR count). The number of benzene rings is 1. The molecule has 3 aromatic rings. The number of carbonyl (C=O) groups is 2. The molecule has 0 spiro atoms. The van der Waals surface area contributed by atoms with Crippen molar-refractivity contribution in [2.24, 2.45) is 5.92 Å². The molecular weight excluding hydrogens is 352 g/mol. The van der Waals surface area contributed by atoms with Gasteiger partial charge >= 0.3 is 0 Å². The highest BCUT2D eigenvalue weighted by Gasteiger charge is 2.34. The first-order valence-corrected chi connectivity index (χ1v) is 9.54. The largest absolute Gasteiger partial charge is 0.350 e. The van der Waals surface area contributed by atoms with E-state index < -0.39 is 0 Å². The summed E-state index contributed by atoms with van der Waals surface area (Å²) in [6.45, 7) is 5.46. The normalized spacial score (nSPS) is 16.7. The first-order valence-electron chi connectivity index (χ1n) is 9.54. The molecule has 1 aliphatic heterocycles. The topological polar surface area (TPSA) is 66.7 Å². The Labute approximate surface area is 164 Å². The number of imidazole rings is 1. The van der Waals surface area contributed by atoms with E-state index in [9.17, 15) is 9.59 Å². The molecule has 2 amide bonds. The van der Waals surface area contributed by atoms with Crippen molar-refractivity contribution in [3.05, 3.63) is 71.2 Å². The molecule has 6 heteroatoms. The van der Waals surface area contributed by atoms with Gasteiger partial charge in [0.2, 0.25) is 11.8 Å². The highest BCUT2D eigenvalue weighted by Crippen LogP contribution is 2.21. The van der Waals surface area contributed by atoms with Gasteiger partial charge in [-0.2, -0.15) is 0 Å². The summed E-state index contributed by atoms with van der Waals surface area (Å²) >= 11 is 0. The number of aromatic nitrogens is 2. The number of rotatable bonds is 5. The lowest BCUT2D eigenvalue weighted by Gasteiger charge is -2.17. The van der Waals surface area contributed by atoms with E-state index in [1.165, 1.54) is 5.56 Å². The summed E-state index contributed by atoms with van der Waals surface area (Å²) in [6.07, 6.45) is 4.00. The minimum absolute atomic E-state index is 0.0335. The predicted molar refractivity (Wildman–Crippen MR) is 106 cm³/mol.